The van der Waals surface area contributed by atoms with Crippen LogP contribution < -0.4 is 5.90 Å². The Bertz CT molecular complexity index is 109. The van der Waals surface area contributed by atoms with Gasteiger partial charge in [-0.25, -0.2) is 5.90 Å². The van der Waals surface area contributed by atoms with Gasteiger partial charge in [-0.15, -0.1) is 0 Å². The predicted octanol–water partition coefficient (Wildman–Crippen LogP) is -0.600. The maximum absolute atomic E-state index is 10.1. The minimum Gasteiger partial charge on any atom is -0.323 e. The lowest BCUT2D eigenvalue weighted by molar-refractivity contribution is 0.0987. The molecule has 0 aliphatic carbocycles. The molecule has 8 heavy (non-hydrogen) atoms. The van der Waals surface area contributed by atoms with E-state index in [9.17, 15) is 4.57 Å². The minimum absolute atomic E-state index is 1.20. The molecule has 0 aromatic carbocycles. The van der Waals surface area contributed by atoms with E-state index in [0.29, 0.717) is 0 Å². The molecule has 0 bridgehead atoms. The van der Waals surface area contributed by atoms with Crippen molar-refractivity contribution >= 4 is 7.60 Å². The van der Waals surface area contributed by atoms with E-state index in [-0.39, 0.29) is 0 Å². The van der Waals surface area contributed by atoms with Gasteiger partial charge in [-0.05, 0) is 6.92 Å². The molecule has 6 heteroatoms. The van der Waals surface area contributed by atoms with Gasteiger partial charge >= 0.3 is 7.60 Å². The van der Waals surface area contributed by atoms with Gasteiger partial charge < -0.3 is 9.79 Å². The first kappa shape index (κ1) is 8.07. The zero-order chi connectivity index (χ0) is 6.78. The SMILES string of the molecule is C[C@@H](ON)P(=O)(O)O. The molecule has 0 fully saturated rings. The van der Waals surface area contributed by atoms with Crippen molar-refractivity contribution in [3.8, 4) is 0 Å². The van der Waals surface area contributed by atoms with Gasteiger partial charge in [0.1, 0.15) is 0 Å². The molecule has 0 amide bonds. The summed E-state index contributed by atoms with van der Waals surface area (Å²) in [6.07, 6.45) is 0. The van der Waals surface area contributed by atoms with Crippen molar-refractivity contribution in [1.82, 2.24) is 0 Å². The topological polar surface area (TPSA) is 92.8 Å². The molecule has 5 nitrogen and oxygen atoms in total. The van der Waals surface area contributed by atoms with Gasteiger partial charge in [-0.2, -0.15) is 0 Å². The molecule has 0 rings (SSSR count). The molecular weight excluding hydrogens is 133 g/mol. The second kappa shape index (κ2) is 2.57. The maximum Gasteiger partial charge on any atom is 0.355 e. The van der Waals surface area contributed by atoms with Crippen molar-refractivity contribution in [2.24, 2.45) is 5.90 Å². The maximum atomic E-state index is 10.1. The number of hydrogen-bond donors (Lipinski definition) is 3. The Morgan fingerprint density at radius 3 is 2.12 bits per heavy atom. The molecule has 0 aromatic rings. The molecule has 1 atom stereocenters. The molecule has 4 N–H and O–H groups in total. The Kier molecular flexibility index (Phi) is 2.59. The van der Waals surface area contributed by atoms with Crippen LogP contribution in [0.2, 0.25) is 0 Å². The summed E-state index contributed by atoms with van der Waals surface area (Å²) < 4.78 is 10.1. The van der Waals surface area contributed by atoms with E-state index >= 15 is 0 Å². The van der Waals surface area contributed by atoms with Crippen LogP contribution in [0.15, 0.2) is 0 Å². The molecule has 0 unspecified atom stereocenters. The van der Waals surface area contributed by atoms with E-state index in [2.05, 4.69) is 10.7 Å². The van der Waals surface area contributed by atoms with Crippen molar-refractivity contribution in [2.45, 2.75) is 12.8 Å². The average molecular weight is 141 g/mol. The lowest BCUT2D eigenvalue weighted by atomic mass is 10.9. The van der Waals surface area contributed by atoms with Gasteiger partial charge in [-0.1, -0.05) is 0 Å². The van der Waals surface area contributed by atoms with Crippen LogP contribution in [0.3, 0.4) is 0 Å². The van der Waals surface area contributed by atoms with Gasteiger partial charge in [0.15, 0.2) is 5.85 Å². The van der Waals surface area contributed by atoms with E-state index in [1.54, 1.807) is 0 Å². The standard InChI is InChI=1S/C2H8NO4P/c1-2(7-3)8(4,5)6/h2H,3H2,1H3,(H2,4,5,6)/t2-/m0/s1. The molecule has 0 aliphatic rings. The molecule has 0 saturated carbocycles. The van der Waals surface area contributed by atoms with Gasteiger partial charge in [0, 0.05) is 0 Å². The molecule has 0 radical (unpaired) electrons. The predicted molar refractivity (Wildman–Crippen MR) is 26.8 cm³/mol. The summed E-state index contributed by atoms with van der Waals surface area (Å²) in [5.41, 5.74) is 0. The summed E-state index contributed by atoms with van der Waals surface area (Å²) in [5, 5.41) is 0. The monoisotopic (exact) mass is 141 g/mol. The van der Waals surface area contributed by atoms with Crippen LogP contribution >= 0.6 is 7.60 Å². The molecule has 0 saturated heterocycles. The van der Waals surface area contributed by atoms with Crippen LogP contribution in [0.1, 0.15) is 6.92 Å². The van der Waals surface area contributed by atoms with Crippen LogP contribution in [0, 0.1) is 0 Å². The van der Waals surface area contributed by atoms with E-state index < -0.39 is 13.4 Å². The first-order valence-electron chi connectivity index (χ1n) is 1.89. The molecule has 0 aromatic heterocycles. The normalized spacial score (nSPS) is 16.0. The lowest BCUT2D eigenvalue weighted by Gasteiger charge is -2.08. The average Bonchev–Trinajstić information content (AvgIpc) is 1.62. The van der Waals surface area contributed by atoms with E-state index in [1.807, 2.05) is 0 Å². The fourth-order valence-electron chi connectivity index (χ4n) is 0.0793. The van der Waals surface area contributed by atoms with Crippen molar-refractivity contribution in [2.75, 3.05) is 0 Å². The van der Waals surface area contributed by atoms with Crippen LogP contribution in [-0.2, 0) is 9.40 Å². The largest absolute Gasteiger partial charge is 0.355 e. The Hall–Kier alpha value is 0.0700. The molecule has 0 aliphatic heterocycles. The van der Waals surface area contributed by atoms with Crippen LogP contribution in [0.4, 0.5) is 0 Å². The van der Waals surface area contributed by atoms with E-state index in [4.69, 9.17) is 9.79 Å². The first-order valence-corrected chi connectivity index (χ1v) is 3.57. The third kappa shape index (κ3) is 2.40. The quantitative estimate of drug-likeness (QED) is 0.352. The van der Waals surface area contributed by atoms with Crippen molar-refractivity contribution in [1.29, 1.82) is 0 Å². The van der Waals surface area contributed by atoms with E-state index in [1.165, 1.54) is 6.92 Å². The zero-order valence-electron chi connectivity index (χ0n) is 4.31. The van der Waals surface area contributed by atoms with E-state index in [0.717, 1.165) is 0 Å². The molecule has 0 heterocycles. The molecule has 0 spiro atoms. The smallest absolute Gasteiger partial charge is 0.323 e. The summed E-state index contributed by atoms with van der Waals surface area (Å²) in [5.74, 6) is 3.26. The Labute approximate surface area is 46.6 Å². The van der Waals surface area contributed by atoms with Gasteiger partial charge in [0.25, 0.3) is 0 Å². The summed E-state index contributed by atoms with van der Waals surface area (Å²) in [6.45, 7) is 1.20. The van der Waals surface area contributed by atoms with Crippen LogP contribution in [0.25, 0.3) is 0 Å². The molecule has 50 valence electrons. The highest BCUT2D eigenvalue weighted by molar-refractivity contribution is 7.52. The first-order chi connectivity index (χ1) is 3.48. The Morgan fingerprint density at radius 2 is 2.12 bits per heavy atom. The summed E-state index contributed by atoms with van der Waals surface area (Å²) >= 11 is 0. The molecular formula is C2H8NO4P. The number of rotatable bonds is 2. The van der Waals surface area contributed by atoms with Gasteiger partial charge in [-0.3, -0.25) is 9.40 Å². The van der Waals surface area contributed by atoms with Crippen molar-refractivity contribution in [3.63, 3.8) is 0 Å². The fraction of sp³-hybridized carbons (Fsp3) is 1.00. The Balaban J connectivity index is 3.82. The van der Waals surface area contributed by atoms with Crippen LogP contribution in [0.5, 0.6) is 0 Å². The zero-order valence-corrected chi connectivity index (χ0v) is 5.21. The minimum atomic E-state index is -4.10. The summed E-state index contributed by atoms with van der Waals surface area (Å²) in [6, 6.07) is 0. The Morgan fingerprint density at radius 1 is 1.75 bits per heavy atom. The number of hydrogen-bond acceptors (Lipinski definition) is 3. The summed E-state index contributed by atoms with van der Waals surface area (Å²) in [7, 11) is -4.10. The third-order valence-corrected chi connectivity index (χ3v) is 1.74. The van der Waals surface area contributed by atoms with Crippen molar-refractivity contribution in [3.05, 3.63) is 0 Å². The second-order valence-corrected chi connectivity index (χ2v) is 3.23. The van der Waals surface area contributed by atoms with Crippen LogP contribution in [-0.4, -0.2) is 15.6 Å². The lowest BCUT2D eigenvalue weighted by Crippen LogP contribution is -2.12. The fourth-order valence-corrected chi connectivity index (χ4v) is 0.238. The van der Waals surface area contributed by atoms with Gasteiger partial charge in [0.2, 0.25) is 0 Å². The third-order valence-electron chi connectivity index (χ3n) is 0.671. The van der Waals surface area contributed by atoms with Crippen molar-refractivity contribution < 1.29 is 19.2 Å². The summed E-state index contributed by atoms with van der Waals surface area (Å²) in [4.78, 5) is 20.2. The highest BCUT2D eigenvalue weighted by atomic mass is 31.2. The highest BCUT2D eigenvalue weighted by Gasteiger charge is 2.23. The van der Waals surface area contributed by atoms with Gasteiger partial charge in [0.05, 0.1) is 0 Å². The second-order valence-electron chi connectivity index (χ2n) is 1.32. The number of nitrogens with two attached hydrogens (primary N) is 1. The highest BCUT2D eigenvalue weighted by Crippen LogP contribution is 2.40.